The van der Waals surface area contributed by atoms with Crippen LogP contribution in [0.5, 0.6) is 5.75 Å². The minimum atomic E-state index is -0.627. The van der Waals surface area contributed by atoms with Crippen molar-refractivity contribution in [3.63, 3.8) is 0 Å². The minimum Gasteiger partial charge on any atom is -0.495 e. The Kier molecular flexibility index (Phi) is 6.63. The Morgan fingerprint density at radius 3 is 2.50 bits per heavy atom. The molecule has 3 N–H and O–H groups in total. The molecule has 0 aliphatic heterocycles. The molecule has 0 unspecified atom stereocenters. The molecule has 0 atom stereocenters. The number of nitrogens with one attached hydrogen (secondary N) is 3. The second kappa shape index (κ2) is 9.12. The van der Waals surface area contributed by atoms with E-state index in [4.69, 9.17) is 4.74 Å². The van der Waals surface area contributed by atoms with Gasteiger partial charge in [-0.15, -0.1) is 0 Å². The van der Waals surface area contributed by atoms with Gasteiger partial charge in [0.2, 0.25) is 11.8 Å². The second-order valence-corrected chi connectivity index (χ2v) is 5.63. The molecule has 0 aliphatic rings. The third-order valence-electron chi connectivity index (χ3n) is 3.52. The van der Waals surface area contributed by atoms with E-state index in [2.05, 4.69) is 16.0 Å². The highest BCUT2D eigenvalue weighted by Crippen LogP contribution is 2.27. The molecule has 0 aromatic heterocycles. The van der Waals surface area contributed by atoms with E-state index < -0.39 is 16.7 Å². The van der Waals surface area contributed by atoms with Crippen molar-refractivity contribution in [2.24, 2.45) is 0 Å². The zero-order chi connectivity index (χ0) is 20.7. The molecule has 0 radical (unpaired) electrons. The van der Waals surface area contributed by atoms with Crippen molar-refractivity contribution in [2.45, 2.75) is 6.92 Å². The Balaban J connectivity index is 2.02. The molecular formula is C18H18N4O6. The van der Waals surface area contributed by atoms with Crippen molar-refractivity contribution in [1.82, 2.24) is 5.32 Å². The summed E-state index contributed by atoms with van der Waals surface area (Å²) in [5, 5.41) is 18.3. The number of ether oxygens (including phenoxy) is 1. The SMILES string of the molecule is COc1ccc(NC(C)=O)cc1NC(=O)CNC(=O)c1cccc([N+](=O)[O-])c1. The third kappa shape index (κ3) is 5.53. The number of methoxy groups -OCH3 is 1. The Labute approximate surface area is 160 Å². The van der Waals surface area contributed by atoms with Crippen LogP contribution < -0.4 is 20.7 Å². The Hall–Kier alpha value is -3.95. The number of hydrogen-bond acceptors (Lipinski definition) is 6. The van der Waals surface area contributed by atoms with E-state index >= 15 is 0 Å². The van der Waals surface area contributed by atoms with Crippen LogP contribution in [0.2, 0.25) is 0 Å². The van der Waals surface area contributed by atoms with Crippen LogP contribution in [0.1, 0.15) is 17.3 Å². The molecule has 10 nitrogen and oxygen atoms in total. The van der Waals surface area contributed by atoms with Crippen LogP contribution in [-0.2, 0) is 9.59 Å². The van der Waals surface area contributed by atoms with Gasteiger partial charge in [-0.3, -0.25) is 24.5 Å². The van der Waals surface area contributed by atoms with Gasteiger partial charge in [0.05, 0.1) is 24.3 Å². The average molecular weight is 386 g/mol. The van der Waals surface area contributed by atoms with Crippen LogP contribution in [0.25, 0.3) is 0 Å². The predicted molar refractivity (Wildman–Crippen MR) is 101 cm³/mol. The van der Waals surface area contributed by atoms with Crippen LogP contribution in [-0.4, -0.2) is 36.3 Å². The van der Waals surface area contributed by atoms with E-state index in [1.807, 2.05) is 0 Å². The number of nitro groups is 1. The van der Waals surface area contributed by atoms with E-state index in [-0.39, 0.29) is 23.7 Å². The minimum absolute atomic E-state index is 0.0623. The van der Waals surface area contributed by atoms with Gasteiger partial charge in [-0.2, -0.15) is 0 Å². The van der Waals surface area contributed by atoms with Crippen LogP contribution in [0.4, 0.5) is 17.1 Å². The summed E-state index contributed by atoms with van der Waals surface area (Å²) >= 11 is 0. The second-order valence-electron chi connectivity index (χ2n) is 5.63. The number of carbonyl (C=O) groups is 3. The summed E-state index contributed by atoms with van der Waals surface area (Å²) in [5.41, 5.74) is 0.608. The number of anilines is 2. The van der Waals surface area contributed by atoms with E-state index in [1.165, 1.54) is 38.3 Å². The van der Waals surface area contributed by atoms with Gasteiger partial charge in [0.25, 0.3) is 11.6 Å². The fraction of sp³-hybridized carbons (Fsp3) is 0.167. The maximum Gasteiger partial charge on any atom is 0.270 e. The molecule has 0 bridgehead atoms. The smallest absolute Gasteiger partial charge is 0.270 e. The lowest BCUT2D eigenvalue weighted by molar-refractivity contribution is -0.384. The number of benzene rings is 2. The quantitative estimate of drug-likeness (QED) is 0.491. The van der Waals surface area contributed by atoms with E-state index in [1.54, 1.807) is 12.1 Å². The van der Waals surface area contributed by atoms with Crippen molar-refractivity contribution in [3.05, 3.63) is 58.1 Å². The Bertz CT molecular complexity index is 928. The van der Waals surface area contributed by atoms with Crippen molar-refractivity contribution < 1.29 is 24.0 Å². The van der Waals surface area contributed by atoms with Gasteiger partial charge in [-0.25, -0.2) is 0 Å². The van der Waals surface area contributed by atoms with Crippen LogP contribution >= 0.6 is 0 Å². The molecule has 146 valence electrons. The maximum atomic E-state index is 12.1. The maximum absolute atomic E-state index is 12.1. The summed E-state index contributed by atoms with van der Waals surface area (Å²) in [6, 6.07) is 9.86. The number of carbonyl (C=O) groups excluding carboxylic acids is 3. The Morgan fingerprint density at radius 2 is 1.86 bits per heavy atom. The lowest BCUT2D eigenvalue weighted by Gasteiger charge is -2.13. The van der Waals surface area contributed by atoms with Crippen LogP contribution in [0.15, 0.2) is 42.5 Å². The van der Waals surface area contributed by atoms with E-state index in [9.17, 15) is 24.5 Å². The molecule has 0 aliphatic carbocycles. The number of amides is 3. The van der Waals surface area contributed by atoms with Crippen molar-refractivity contribution in [1.29, 1.82) is 0 Å². The predicted octanol–water partition coefficient (Wildman–Crippen LogP) is 1.93. The molecule has 0 spiro atoms. The molecule has 10 heteroatoms. The zero-order valence-corrected chi connectivity index (χ0v) is 15.1. The van der Waals surface area contributed by atoms with Gasteiger partial charge in [0, 0.05) is 30.3 Å². The first-order valence-electron chi connectivity index (χ1n) is 8.08. The van der Waals surface area contributed by atoms with Gasteiger partial charge < -0.3 is 20.7 Å². The molecule has 0 saturated heterocycles. The first-order valence-corrected chi connectivity index (χ1v) is 8.08. The standard InChI is InChI=1S/C18H18N4O6/c1-11(23)20-13-6-7-16(28-2)15(9-13)21-17(24)10-19-18(25)12-4-3-5-14(8-12)22(26)27/h3-9H,10H2,1-2H3,(H,19,25)(H,20,23)(H,21,24). The number of nitro benzene ring substituents is 1. The van der Waals surface area contributed by atoms with Crippen molar-refractivity contribution >= 4 is 34.8 Å². The van der Waals surface area contributed by atoms with Gasteiger partial charge in [0.1, 0.15) is 5.75 Å². The highest BCUT2D eigenvalue weighted by molar-refractivity contribution is 6.00. The van der Waals surface area contributed by atoms with Crippen LogP contribution in [0.3, 0.4) is 0 Å². The largest absolute Gasteiger partial charge is 0.495 e. The lowest BCUT2D eigenvalue weighted by Crippen LogP contribution is -2.33. The lowest BCUT2D eigenvalue weighted by atomic mass is 10.2. The molecule has 3 amide bonds. The van der Waals surface area contributed by atoms with Crippen molar-refractivity contribution in [3.8, 4) is 5.75 Å². The topological polar surface area (TPSA) is 140 Å². The summed E-state index contributed by atoms with van der Waals surface area (Å²) in [6.07, 6.45) is 0. The van der Waals surface area contributed by atoms with Crippen LogP contribution in [0, 0.1) is 10.1 Å². The summed E-state index contributed by atoms with van der Waals surface area (Å²) in [4.78, 5) is 45.6. The molecule has 28 heavy (non-hydrogen) atoms. The number of hydrogen-bond donors (Lipinski definition) is 3. The summed E-state index contributed by atoms with van der Waals surface area (Å²) < 4.78 is 5.16. The molecule has 2 rings (SSSR count). The van der Waals surface area contributed by atoms with Crippen molar-refractivity contribution in [2.75, 3.05) is 24.3 Å². The average Bonchev–Trinajstić information content (AvgIpc) is 2.66. The number of rotatable bonds is 7. The molecule has 2 aromatic rings. The first-order chi connectivity index (χ1) is 13.3. The normalized spacial score (nSPS) is 9.93. The number of non-ortho nitro benzene ring substituents is 1. The summed E-state index contributed by atoms with van der Waals surface area (Å²) in [5.74, 6) is -1.08. The third-order valence-corrected chi connectivity index (χ3v) is 3.52. The molecule has 0 saturated carbocycles. The fourth-order valence-corrected chi connectivity index (χ4v) is 2.30. The molecular weight excluding hydrogens is 368 g/mol. The highest BCUT2D eigenvalue weighted by atomic mass is 16.6. The molecule has 0 heterocycles. The van der Waals surface area contributed by atoms with Gasteiger partial charge in [-0.1, -0.05) is 6.07 Å². The zero-order valence-electron chi connectivity index (χ0n) is 15.1. The molecule has 0 fully saturated rings. The van der Waals surface area contributed by atoms with Gasteiger partial charge >= 0.3 is 0 Å². The number of nitrogens with zero attached hydrogens (tertiary/aromatic N) is 1. The monoisotopic (exact) mass is 386 g/mol. The summed E-state index contributed by atoms with van der Waals surface area (Å²) in [6.45, 7) is 0.987. The highest BCUT2D eigenvalue weighted by Gasteiger charge is 2.14. The van der Waals surface area contributed by atoms with E-state index in [0.29, 0.717) is 17.1 Å². The Morgan fingerprint density at radius 1 is 1.11 bits per heavy atom. The van der Waals surface area contributed by atoms with Gasteiger partial charge in [-0.05, 0) is 24.3 Å². The van der Waals surface area contributed by atoms with E-state index in [0.717, 1.165) is 6.07 Å². The first kappa shape index (κ1) is 20.4. The fourth-order valence-electron chi connectivity index (χ4n) is 2.30. The summed E-state index contributed by atoms with van der Waals surface area (Å²) in [7, 11) is 1.42. The molecule has 2 aromatic carbocycles. The van der Waals surface area contributed by atoms with Gasteiger partial charge in [0.15, 0.2) is 0 Å².